The van der Waals surface area contributed by atoms with E-state index < -0.39 is 0 Å². The molecule has 3 nitrogen and oxygen atoms in total. The molecule has 2 heterocycles. The van der Waals surface area contributed by atoms with Crippen LogP contribution >= 0.6 is 0 Å². The Bertz CT molecular complexity index is 685. The lowest BCUT2D eigenvalue weighted by Gasteiger charge is -2.57. The van der Waals surface area contributed by atoms with Gasteiger partial charge in [-0.25, -0.2) is 0 Å². The second-order valence-corrected chi connectivity index (χ2v) is 7.54. The zero-order valence-electron chi connectivity index (χ0n) is 15.0. The molecular formula is C22H28N2O. The first-order chi connectivity index (χ1) is 12.3. The molecule has 2 fully saturated rings. The topological polar surface area (TPSA) is 26.7 Å². The van der Waals surface area contributed by atoms with Crippen LogP contribution in [0, 0.1) is 0 Å². The summed E-state index contributed by atoms with van der Waals surface area (Å²) in [6, 6.07) is 20.3. The SMILES string of the molecule is CN1CCCCN2[C@H](C1)[C@H](c1ccc(-c3ccccc3)cc1)[C@@H]2CO. The van der Waals surface area contributed by atoms with E-state index in [1.54, 1.807) is 0 Å². The van der Waals surface area contributed by atoms with E-state index in [1.165, 1.54) is 36.1 Å². The van der Waals surface area contributed by atoms with E-state index in [1.807, 2.05) is 0 Å². The van der Waals surface area contributed by atoms with E-state index >= 15 is 0 Å². The molecule has 132 valence electrons. The van der Waals surface area contributed by atoms with Crippen LogP contribution in [0.5, 0.6) is 0 Å². The molecular weight excluding hydrogens is 308 g/mol. The third kappa shape index (κ3) is 3.24. The van der Waals surface area contributed by atoms with Gasteiger partial charge < -0.3 is 10.0 Å². The van der Waals surface area contributed by atoms with Crippen LogP contribution in [-0.4, -0.2) is 60.3 Å². The summed E-state index contributed by atoms with van der Waals surface area (Å²) in [6.07, 6.45) is 2.49. The molecule has 3 atom stereocenters. The number of likely N-dealkylation sites (N-methyl/N-ethyl adjacent to an activating group) is 1. The van der Waals surface area contributed by atoms with Gasteiger partial charge in [0.05, 0.1) is 6.61 Å². The number of hydrogen-bond donors (Lipinski definition) is 1. The Labute approximate surface area is 150 Å². The van der Waals surface area contributed by atoms with Gasteiger partial charge in [-0.05, 0) is 49.7 Å². The summed E-state index contributed by atoms with van der Waals surface area (Å²) in [5.74, 6) is 0.440. The molecule has 2 aromatic rings. The van der Waals surface area contributed by atoms with Gasteiger partial charge in [0.2, 0.25) is 0 Å². The third-order valence-corrected chi connectivity index (χ3v) is 5.98. The van der Waals surface area contributed by atoms with Crippen LogP contribution in [0.2, 0.25) is 0 Å². The fourth-order valence-electron chi connectivity index (χ4n) is 4.64. The molecule has 25 heavy (non-hydrogen) atoms. The number of fused-ring (bicyclic) bond motifs is 1. The highest BCUT2D eigenvalue weighted by Crippen LogP contribution is 2.42. The molecule has 0 aliphatic carbocycles. The largest absolute Gasteiger partial charge is 0.395 e. The number of nitrogens with zero attached hydrogens (tertiary/aromatic N) is 2. The summed E-state index contributed by atoms with van der Waals surface area (Å²) in [5, 5.41) is 9.96. The molecule has 1 N–H and O–H groups in total. The normalized spacial score (nSPS) is 27.8. The monoisotopic (exact) mass is 336 g/mol. The van der Waals surface area contributed by atoms with Crippen LogP contribution in [0.3, 0.4) is 0 Å². The van der Waals surface area contributed by atoms with Gasteiger partial charge in [0, 0.05) is 24.5 Å². The summed E-state index contributed by atoms with van der Waals surface area (Å²) in [5.41, 5.74) is 3.89. The average molecular weight is 336 g/mol. The van der Waals surface area contributed by atoms with Gasteiger partial charge in [-0.15, -0.1) is 0 Å². The van der Waals surface area contributed by atoms with Crippen LogP contribution in [-0.2, 0) is 0 Å². The Balaban J connectivity index is 1.57. The molecule has 4 rings (SSSR count). The van der Waals surface area contributed by atoms with Crippen molar-refractivity contribution in [2.75, 3.05) is 33.3 Å². The molecule has 2 aliphatic rings. The van der Waals surface area contributed by atoms with Crippen LogP contribution < -0.4 is 0 Å². The number of benzene rings is 2. The minimum atomic E-state index is 0.255. The molecule has 0 unspecified atom stereocenters. The van der Waals surface area contributed by atoms with Crippen molar-refractivity contribution in [1.82, 2.24) is 9.80 Å². The van der Waals surface area contributed by atoms with Gasteiger partial charge in [-0.3, -0.25) is 4.90 Å². The summed E-state index contributed by atoms with van der Waals surface area (Å²) in [6.45, 7) is 3.67. The van der Waals surface area contributed by atoms with Gasteiger partial charge in [-0.1, -0.05) is 54.6 Å². The molecule has 0 radical (unpaired) electrons. The Morgan fingerprint density at radius 1 is 0.920 bits per heavy atom. The van der Waals surface area contributed by atoms with Crippen molar-refractivity contribution in [2.45, 2.75) is 30.8 Å². The molecule has 0 spiro atoms. The lowest BCUT2D eigenvalue weighted by atomic mass is 9.74. The second-order valence-electron chi connectivity index (χ2n) is 7.54. The zero-order chi connectivity index (χ0) is 17.2. The highest BCUT2D eigenvalue weighted by atomic mass is 16.3. The maximum atomic E-state index is 9.96. The lowest BCUT2D eigenvalue weighted by molar-refractivity contribution is -0.0614. The Morgan fingerprint density at radius 3 is 2.32 bits per heavy atom. The lowest BCUT2D eigenvalue weighted by Crippen LogP contribution is -2.67. The van der Waals surface area contributed by atoms with Gasteiger partial charge in [0.15, 0.2) is 0 Å². The fraction of sp³-hybridized carbons (Fsp3) is 0.455. The minimum absolute atomic E-state index is 0.255. The molecule has 2 saturated heterocycles. The highest BCUT2D eigenvalue weighted by Gasteiger charge is 2.48. The van der Waals surface area contributed by atoms with E-state index in [-0.39, 0.29) is 12.6 Å². The first-order valence-corrected chi connectivity index (χ1v) is 9.48. The quantitative estimate of drug-likeness (QED) is 0.932. The van der Waals surface area contributed by atoms with Crippen molar-refractivity contribution < 1.29 is 5.11 Å². The highest BCUT2D eigenvalue weighted by molar-refractivity contribution is 5.63. The summed E-state index contributed by atoms with van der Waals surface area (Å²) in [7, 11) is 2.23. The molecule has 3 heteroatoms. The third-order valence-electron chi connectivity index (χ3n) is 5.98. The van der Waals surface area contributed by atoms with E-state index in [4.69, 9.17) is 0 Å². The molecule has 2 aromatic carbocycles. The summed E-state index contributed by atoms with van der Waals surface area (Å²) in [4.78, 5) is 4.99. The Hall–Kier alpha value is -1.68. The fourth-order valence-corrected chi connectivity index (χ4v) is 4.64. The smallest absolute Gasteiger partial charge is 0.0593 e. The van der Waals surface area contributed by atoms with Crippen molar-refractivity contribution in [1.29, 1.82) is 0 Å². The van der Waals surface area contributed by atoms with E-state index in [9.17, 15) is 5.11 Å². The van der Waals surface area contributed by atoms with Crippen molar-refractivity contribution in [3.63, 3.8) is 0 Å². The maximum Gasteiger partial charge on any atom is 0.0593 e. The van der Waals surface area contributed by atoms with E-state index in [0.717, 1.165) is 13.1 Å². The number of aliphatic hydroxyl groups excluding tert-OH is 1. The van der Waals surface area contributed by atoms with Crippen molar-refractivity contribution >= 4 is 0 Å². The molecule has 0 amide bonds. The predicted octanol–water partition coefficient (Wildman–Crippen LogP) is 3.21. The molecule has 2 aliphatic heterocycles. The van der Waals surface area contributed by atoms with E-state index in [0.29, 0.717) is 12.0 Å². The van der Waals surface area contributed by atoms with Crippen LogP contribution in [0.15, 0.2) is 54.6 Å². The summed E-state index contributed by atoms with van der Waals surface area (Å²) < 4.78 is 0. The number of rotatable bonds is 3. The molecule has 0 aromatic heterocycles. The minimum Gasteiger partial charge on any atom is -0.395 e. The molecule has 0 saturated carbocycles. The maximum absolute atomic E-state index is 9.96. The first-order valence-electron chi connectivity index (χ1n) is 9.48. The van der Waals surface area contributed by atoms with Crippen LogP contribution in [0.25, 0.3) is 11.1 Å². The van der Waals surface area contributed by atoms with Gasteiger partial charge in [0.1, 0.15) is 0 Å². The van der Waals surface area contributed by atoms with Crippen LogP contribution in [0.1, 0.15) is 24.3 Å². The van der Waals surface area contributed by atoms with Gasteiger partial charge in [-0.2, -0.15) is 0 Å². The predicted molar refractivity (Wildman–Crippen MR) is 103 cm³/mol. The van der Waals surface area contributed by atoms with Crippen molar-refractivity contribution in [2.24, 2.45) is 0 Å². The molecule has 0 bridgehead atoms. The van der Waals surface area contributed by atoms with Crippen molar-refractivity contribution in [3.05, 3.63) is 60.2 Å². The van der Waals surface area contributed by atoms with Gasteiger partial charge in [0.25, 0.3) is 0 Å². The van der Waals surface area contributed by atoms with Gasteiger partial charge >= 0.3 is 0 Å². The Kier molecular flexibility index (Phi) is 4.89. The number of aliphatic hydroxyl groups is 1. The van der Waals surface area contributed by atoms with E-state index in [2.05, 4.69) is 71.4 Å². The Morgan fingerprint density at radius 2 is 1.60 bits per heavy atom. The first kappa shape index (κ1) is 16.8. The standard InChI is InChI=1S/C22H28N2O/c1-23-13-5-6-14-24-20(15-23)22(21(24)16-25)19-11-9-18(10-12-19)17-7-3-2-4-8-17/h2-4,7-12,20-22,25H,5-6,13-16H2,1H3/t20-,21+,22+/m1/s1. The number of hydrogen-bond acceptors (Lipinski definition) is 3. The summed E-state index contributed by atoms with van der Waals surface area (Å²) >= 11 is 0. The van der Waals surface area contributed by atoms with Crippen LogP contribution in [0.4, 0.5) is 0 Å². The second kappa shape index (κ2) is 7.28. The van der Waals surface area contributed by atoms with Crippen molar-refractivity contribution in [3.8, 4) is 11.1 Å². The zero-order valence-corrected chi connectivity index (χ0v) is 15.0. The average Bonchev–Trinajstić information content (AvgIpc) is 2.64.